The summed E-state index contributed by atoms with van der Waals surface area (Å²) in [4.78, 5) is 14.0. The van der Waals surface area contributed by atoms with Gasteiger partial charge in [-0.15, -0.1) is 0 Å². The maximum absolute atomic E-state index is 13.0. The van der Waals surface area contributed by atoms with Gasteiger partial charge in [0.15, 0.2) is 0 Å². The Morgan fingerprint density at radius 2 is 1.89 bits per heavy atom. The van der Waals surface area contributed by atoms with Crippen LogP contribution in [0, 0.1) is 0 Å². The average Bonchev–Trinajstić information content (AvgIpc) is 2.64. The molecule has 0 amide bonds. The minimum atomic E-state index is -4.96. The molecule has 1 heterocycles. The predicted molar refractivity (Wildman–Crippen MR) is 58.6 cm³/mol. The zero-order valence-electron chi connectivity index (χ0n) is 10.3. The number of alkyl halides is 3. The summed E-state index contributed by atoms with van der Waals surface area (Å²) in [7, 11) is 0. The minimum Gasteiger partial charge on any atom is -0.458 e. The number of H-pyrrole nitrogens is 1. The number of ether oxygens (including phenoxy) is 1. The maximum atomic E-state index is 13.0. The lowest BCUT2D eigenvalue weighted by molar-refractivity contribution is -0.215. The fourth-order valence-electron chi connectivity index (χ4n) is 1.31. The molecule has 1 atom stereocenters. The standard InChI is InChI=1S/C11H15F3N2O2/c1-9(2,3)18-8(17)10(15,11(12,13)14)7-5-4-6-16-7/h4-6,16H,15H2,1-3H3. The molecule has 7 heteroatoms. The normalized spacial score (nSPS) is 16.2. The number of aromatic nitrogens is 1. The van der Waals surface area contributed by atoms with Crippen molar-refractivity contribution in [3.8, 4) is 0 Å². The summed E-state index contributed by atoms with van der Waals surface area (Å²) >= 11 is 0. The first-order chi connectivity index (χ1) is 7.98. The van der Waals surface area contributed by atoms with Crippen LogP contribution in [-0.2, 0) is 15.1 Å². The predicted octanol–water partition coefficient (Wildman–Crippen LogP) is 2.07. The van der Waals surface area contributed by atoms with Crippen LogP contribution in [0.15, 0.2) is 18.3 Å². The number of carbonyl (C=O) groups excluding carboxylic acids is 1. The van der Waals surface area contributed by atoms with E-state index in [0.29, 0.717) is 0 Å². The van der Waals surface area contributed by atoms with Crippen molar-refractivity contribution in [2.75, 3.05) is 0 Å². The van der Waals surface area contributed by atoms with E-state index in [1.54, 1.807) is 0 Å². The van der Waals surface area contributed by atoms with Crippen LogP contribution in [-0.4, -0.2) is 22.7 Å². The number of hydrogen-bond acceptors (Lipinski definition) is 3. The van der Waals surface area contributed by atoms with E-state index in [9.17, 15) is 18.0 Å². The molecule has 18 heavy (non-hydrogen) atoms. The molecule has 1 unspecified atom stereocenters. The molecule has 1 rings (SSSR count). The Hall–Kier alpha value is -1.50. The van der Waals surface area contributed by atoms with Crippen molar-refractivity contribution in [2.45, 2.75) is 38.1 Å². The Balaban J connectivity index is 3.20. The van der Waals surface area contributed by atoms with Gasteiger partial charge < -0.3 is 15.5 Å². The van der Waals surface area contributed by atoms with Gasteiger partial charge in [0.2, 0.25) is 0 Å². The summed E-state index contributed by atoms with van der Waals surface area (Å²) in [5, 5.41) is 0. The highest BCUT2D eigenvalue weighted by Gasteiger charge is 2.61. The highest BCUT2D eigenvalue weighted by Crippen LogP contribution is 2.37. The molecule has 0 aliphatic heterocycles. The van der Waals surface area contributed by atoms with Crippen molar-refractivity contribution < 1.29 is 22.7 Å². The van der Waals surface area contributed by atoms with Crippen LogP contribution in [0.4, 0.5) is 13.2 Å². The number of halogens is 3. The Morgan fingerprint density at radius 1 is 1.33 bits per heavy atom. The smallest absolute Gasteiger partial charge is 0.422 e. The molecule has 0 fully saturated rings. The summed E-state index contributed by atoms with van der Waals surface area (Å²) in [6.07, 6.45) is -3.70. The van der Waals surface area contributed by atoms with Crippen molar-refractivity contribution >= 4 is 5.97 Å². The second-order valence-corrected chi connectivity index (χ2v) is 4.89. The summed E-state index contributed by atoms with van der Waals surface area (Å²) in [6, 6.07) is 2.42. The fraction of sp³-hybridized carbons (Fsp3) is 0.545. The number of hydrogen-bond donors (Lipinski definition) is 2. The first kappa shape index (κ1) is 14.6. The van der Waals surface area contributed by atoms with Crippen LogP contribution in [0.1, 0.15) is 26.5 Å². The van der Waals surface area contributed by atoms with Crippen molar-refractivity contribution in [3.05, 3.63) is 24.0 Å². The van der Waals surface area contributed by atoms with E-state index < -0.39 is 29.0 Å². The average molecular weight is 264 g/mol. The summed E-state index contributed by atoms with van der Waals surface area (Å²) in [5.74, 6) is -1.54. The van der Waals surface area contributed by atoms with Gasteiger partial charge in [-0.1, -0.05) is 0 Å². The van der Waals surface area contributed by atoms with Crippen molar-refractivity contribution in [1.82, 2.24) is 4.98 Å². The molecule has 1 aromatic heterocycles. The third-order valence-corrected chi connectivity index (χ3v) is 2.19. The molecule has 3 N–H and O–H groups in total. The van der Waals surface area contributed by atoms with Gasteiger partial charge in [0.05, 0.1) is 5.69 Å². The lowest BCUT2D eigenvalue weighted by Crippen LogP contribution is -2.58. The molecule has 0 aliphatic rings. The SMILES string of the molecule is CC(C)(C)OC(=O)C(N)(c1ccc[nH]1)C(F)(F)F. The quantitative estimate of drug-likeness (QED) is 0.803. The van der Waals surface area contributed by atoms with E-state index in [4.69, 9.17) is 10.5 Å². The van der Waals surface area contributed by atoms with Gasteiger partial charge in [0.1, 0.15) is 5.60 Å². The zero-order chi connectivity index (χ0) is 14.2. The number of carbonyl (C=O) groups is 1. The lowest BCUT2D eigenvalue weighted by Gasteiger charge is -2.32. The summed E-state index contributed by atoms with van der Waals surface area (Å²) in [5.41, 5.74) is 0.560. The van der Waals surface area contributed by atoms with Gasteiger partial charge in [-0.05, 0) is 32.9 Å². The number of nitrogens with one attached hydrogen (secondary N) is 1. The van der Waals surface area contributed by atoms with Gasteiger partial charge in [0.25, 0.3) is 5.54 Å². The second kappa shape index (κ2) is 4.31. The molecular formula is C11H15F3N2O2. The minimum absolute atomic E-state index is 0.454. The highest BCUT2D eigenvalue weighted by molar-refractivity contribution is 5.83. The Morgan fingerprint density at radius 3 is 2.22 bits per heavy atom. The molecule has 0 saturated carbocycles. The topological polar surface area (TPSA) is 68.1 Å². The fourth-order valence-corrected chi connectivity index (χ4v) is 1.31. The van der Waals surface area contributed by atoms with Gasteiger partial charge in [-0.3, -0.25) is 0 Å². The molecule has 1 aromatic rings. The van der Waals surface area contributed by atoms with Crippen molar-refractivity contribution in [1.29, 1.82) is 0 Å². The van der Waals surface area contributed by atoms with E-state index in [0.717, 1.165) is 6.07 Å². The van der Waals surface area contributed by atoms with Crippen molar-refractivity contribution in [3.63, 3.8) is 0 Å². The highest BCUT2D eigenvalue weighted by atomic mass is 19.4. The molecule has 4 nitrogen and oxygen atoms in total. The first-order valence-corrected chi connectivity index (χ1v) is 5.21. The van der Waals surface area contributed by atoms with E-state index >= 15 is 0 Å². The first-order valence-electron chi connectivity index (χ1n) is 5.21. The third-order valence-electron chi connectivity index (χ3n) is 2.19. The Bertz CT molecular complexity index is 420. The van der Waals surface area contributed by atoms with E-state index in [-0.39, 0.29) is 0 Å². The van der Waals surface area contributed by atoms with Crippen LogP contribution in [0.2, 0.25) is 0 Å². The number of nitrogens with two attached hydrogens (primary N) is 1. The number of aromatic amines is 1. The van der Waals surface area contributed by atoms with Gasteiger partial charge in [-0.25, -0.2) is 4.79 Å². The molecule has 0 aromatic carbocycles. The molecular weight excluding hydrogens is 249 g/mol. The van der Waals surface area contributed by atoms with Crippen LogP contribution in [0.5, 0.6) is 0 Å². The van der Waals surface area contributed by atoms with Gasteiger partial charge in [-0.2, -0.15) is 13.2 Å². The van der Waals surface area contributed by atoms with Crippen LogP contribution in [0.25, 0.3) is 0 Å². The maximum Gasteiger partial charge on any atom is 0.422 e. The number of rotatable bonds is 2. The Kier molecular flexibility index (Phi) is 3.49. The molecule has 102 valence electrons. The monoisotopic (exact) mass is 264 g/mol. The third kappa shape index (κ3) is 2.66. The van der Waals surface area contributed by atoms with E-state index in [1.807, 2.05) is 0 Å². The second-order valence-electron chi connectivity index (χ2n) is 4.89. The lowest BCUT2D eigenvalue weighted by atomic mass is 9.95. The molecule has 0 bridgehead atoms. The number of esters is 1. The van der Waals surface area contributed by atoms with Gasteiger partial charge >= 0.3 is 12.1 Å². The largest absolute Gasteiger partial charge is 0.458 e. The molecule has 0 aliphatic carbocycles. The molecule has 0 radical (unpaired) electrons. The van der Waals surface area contributed by atoms with Crippen molar-refractivity contribution in [2.24, 2.45) is 5.73 Å². The zero-order valence-corrected chi connectivity index (χ0v) is 10.3. The van der Waals surface area contributed by atoms with Crippen LogP contribution < -0.4 is 5.73 Å². The van der Waals surface area contributed by atoms with E-state index in [1.165, 1.54) is 33.0 Å². The Labute approximate surface area is 102 Å². The van der Waals surface area contributed by atoms with E-state index in [2.05, 4.69) is 4.98 Å². The van der Waals surface area contributed by atoms with Crippen LogP contribution in [0.3, 0.4) is 0 Å². The molecule has 0 spiro atoms. The summed E-state index contributed by atoms with van der Waals surface area (Å²) < 4.78 is 43.9. The summed E-state index contributed by atoms with van der Waals surface area (Å²) in [6.45, 7) is 4.41. The molecule has 0 saturated heterocycles. The van der Waals surface area contributed by atoms with Gasteiger partial charge in [0, 0.05) is 6.20 Å². The van der Waals surface area contributed by atoms with Crippen LogP contribution >= 0.6 is 0 Å².